The molecule has 98 valence electrons. The molecule has 2 saturated carbocycles. The van der Waals surface area contributed by atoms with Gasteiger partial charge in [0.1, 0.15) is 0 Å². The fourth-order valence-corrected chi connectivity index (χ4v) is 4.60. The van der Waals surface area contributed by atoms with Crippen molar-refractivity contribution in [2.24, 2.45) is 17.6 Å². The smallest absolute Gasteiger partial charge is 0.0526 e. The number of anilines is 1. The lowest BCUT2D eigenvalue weighted by Gasteiger charge is -2.38. The maximum Gasteiger partial charge on any atom is 0.0526 e. The summed E-state index contributed by atoms with van der Waals surface area (Å²) in [5, 5.41) is 3.76. The Morgan fingerprint density at radius 1 is 1.39 bits per heavy atom. The van der Waals surface area contributed by atoms with Crippen LogP contribution in [0.5, 0.6) is 0 Å². The molecule has 2 nitrogen and oxygen atoms in total. The molecule has 0 aromatic heterocycles. The number of halogens is 1. The highest BCUT2D eigenvalue weighted by atomic mass is 79.9. The van der Waals surface area contributed by atoms with Crippen molar-refractivity contribution in [2.45, 2.75) is 38.1 Å². The van der Waals surface area contributed by atoms with Crippen LogP contribution >= 0.6 is 15.9 Å². The second-order valence-electron chi connectivity index (χ2n) is 6.08. The van der Waals surface area contributed by atoms with E-state index in [2.05, 4.69) is 46.4 Å². The van der Waals surface area contributed by atoms with Crippen LogP contribution in [0.15, 0.2) is 22.7 Å². The zero-order chi connectivity index (χ0) is 12.8. The van der Waals surface area contributed by atoms with E-state index in [0.29, 0.717) is 0 Å². The SMILES string of the molecule is Cc1cc(Br)cc(NC2(CN)CC3CCC2C3)c1. The number of hydrogen-bond donors (Lipinski definition) is 2. The van der Waals surface area contributed by atoms with E-state index in [-0.39, 0.29) is 5.54 Å². The maximum atomic E-state index is 6.11. The van der Waals surface area contributed by atoms with E-state index in [9.17, 15) is 0 Å². The van der Waals surface area contributed by atoms with Crippen molar-refractivity contribution in [2.75, 3.05) is 11.9 Å². The molecular weight excluding hydrogens is 288 g/mol. The zero-order valence-electron chi connectivity index (χ0n) is 10.9. The van der Waals surface area contributed by atoms with Crippen LogP contribution < -0.4 is 11.1 Å². The quantitative estimate of drug-likeness (QED) is 0.894. The Kier molecular flexibility index (Phi) is 3.15. The second kappa shape index (κ2) is 4.53. The number of aryl methyl sites for hydroxylation is 1. The molecule has 0 radical (unpaired) electrons. The van der Waals surface area contributed by atoms with E-state index in [4.69, 9.17) is 5.73 Å². The molecule has 1 aromatic rings. The van der Waals surface area contributed by atoms with Crippen molar-refractivity contribution in [1.29, 1.82) is 0 Å². The normalized spacial score (nSPS) is 33.9. The first kappa shape index (κ1) is 12.5. The molecular formula is C15H21BrN2. The van der Waals surface area contributed by atoms with Crippen LogP contribution in [0.4, 0.5) is 5.69 Å². The molecule has 0 saturated heterocycles. The molecule has 3 heteroatoms. The van der Waals surface area contributed by atoms with E-state index in [1.165, 1.54) is 36.9 Å². The zero-order valence-corrected chi connectivity index (χ0v) is 12.5. The first-order valence-corrected chi connectivity index (χ1v) is 7.66. The maximum absolute atomic E-state index is 6.11. The van der Waals surface area contributed by atoms with Crippen molar-refractivity contribution in [1.82, 2.24) is 0 Å². The molecule has 1 aromatic carbocycles. The van der Waals surface area contributed by atoms with Crippen LogP contribution in [0.3, 0.4) is 0 Å². The lowest BCUT2D eigenvalue weighted by atomic mass is 9.80. The number of nitrogens with two attached hydrogens (primary N) is 1. The summed E-state index contributed by atoms with van der Waals surface area (Å²) in [4.78, 5) is 0. The van der Waals surface area contributed by atoms with Gasteiger partial charge < -0.3 is 11.1 Å². The lowest BCUT2D eigenvalue weighted by Crippen LogP contribution is -2.49. The van der Waals surface area contributed by atoms with Crippen LogP contribution in [0.25, 0.3) is 0 Å². The minimum atomic E-state index is 0.149. The van der Waals surface area contributed by atoms with Gasteiger partial charge in [-0.3, -0.25) is 0 Å². The van der Waals surface area contributed by atoms with Gasteiger partial charge in [0.15, 0.2) is 0 Å². The van der Waals surface area contributed by atoms with Crippen molar-refractivity contribution in [3.8, 4) is 0 Å². The highest BCUT2D eigenvalue weighted by Gasteiger charge is 2.50. The van der Waals surface area contributed by atoms with E-state index in [1.807, 2.05) is 0 Å². The van der Waals surface area contributed by atoms with Crippen LogP contribution in [0.2, 0.25) is 0 Å². The molecule has 3 unspecified atom stereocenters. The van der Waals surface area contributed by atoms with Gasteiger partial charge >= 0.3 is 0 Å². The Hall–Kier alpha value is -0.540. The molecule has 0 amide bonds. The standard InChI is InChI=1S/C15H21BrN2/c1-10-4-13(16)7-14(5-10)18-15(9-17)8-11-2-3-12(15)6-11/h4-5,7,11-12,18H,2-3,6,8-9,17H2,1H3. The summed E-state index contributed by atoms with van der Waals surface area (Å²) in [6.45, 7) is 2.88. The number of rotatable bonds is 3. The van der Waals surface area contributed by atoms with Gasteiger partial charge in [-0.1, -0.05) is 15.9 Å². The highest BCUT2D eigenvalue weighted by Crippen LogP contribution is 2.51. The highest BCUT2D eigenvalue weighted by molar-refractivity contribution is 9.10. The van der Waals surface area contributed by atoms with Crippen molar-refractivity contribution in [3.63, 3.8) is 0 Å². The summed E-state index contributed by atoms with van der Waals surface area (Å²) in [6.07, 6.45) is 5.38. The third-order valence-corrected chi connectivity index (χ3v) is 5.23. The number of nitrogens with one attached hydrogen (secondary N) is 1. The van der Waals surface area contributed by atoms with Gasteiger partial charge in [0, 0.05) is 16.7 Å². The van der Waals surface area contributed by atoms with Crippen LogP contribution in [0, 0.1) is 18.8 Å². The van der Waals surface area contributed by atoms with Gasteiger partial charge in [-0.2, -0.15) is 0 Å². The molecule has 2 bridgehead atoms. The predicted octanol–water partition coefficient (Wildman–Crippen LogP) is 3.69. The molecule has 3 atom stereocenters. The molecule has 18 heavy (non-hydrogen) atoms. The van der Waals surface area contributed by atoms with Gasteiger partial charge in [-0.05, 0) is 68.2 Å². The Morgan fingerprint density at radius 2 is 2.22 bits per heavy atom. The van der Waals surface area contributed by atoms with Crippen LogP contribution in [-0.4, -0.2) is 12.1 Å². The fraction of sp³-hybridized carbons (Fsp3) is 0.600. The summed E-state index contributed by atoms with van der Waals surface area (Å²) in [6, 6.07) is 6.52. The van der Waals surface area contributed by atoms with E-state index in [1.54, 1.807) is 0 Å². The summed E-state index contributed by atoms with van der Waals surface area (Å²) in [5.41, 5.74) is 8.74. The minimum absolute atomic E-state index is 0.149. The first-order valence-electron chi connectivity index (χ1n) is 6.87. The molecule has 2 aliphatic rings. The van der Waals surface area contributed by atoms with Crippen LogP contribution in [-0.2, 0) is 0 Å². The average molecular weight is 309 g/mol. The molecule has 0 aliphatic heterocycles. The Morgan fingerprint density at radius 3 is 2.78 bits per heavy atom. The van der Waals surface area contributed by atoms with E-state index < -0.39 is 0 Å². The van der Waals surface area contributed by atoms with Gasteiger partial charge in [0.25, 0.3) is 0 Å². The topological polar surface area (TPSA) is 38.0 Å². The molecule has 2 aliphatic carbocycles. The third kappa shape index (κ3) is 2.08. The summed E-state index contributed by atoms with van der Waals surface area (Å²) in [5.74, 6) is 1.67. The second-order valence-corrected chi connectivity index (χ2v) is 7.00. The summed E-state index contributed by atoms with van der Waals surface area (Å²) in [7, 11) is 0. The lowest BCUT2D eigenvalue weighted by molar-refractivity contribution is 0.306. The van der Waals surface area contributed by atoms with Gasteiger partial charge in [0.2, 0.25) is 0 Å². The summed E-state index contributed by atoms with van der Waals surface area (Å²) < 4.78 is 1.14. The first-order chi connectivity index (χ1) is 8.61. The Labute approximate surface area is 117 Å². The van der Waals surface area contributed by atoms with Gasteiger partial charge in [0.05, 0.1) is 5.54 Å². The van der Waals surface area contributed by atoms with Crippen molar-refractivity contribution < 1.29 is 0 Å². The Bertz CT molecular complexity index is 440. The van der Waals surface area contributed by atoms with Gasteiger partial charge in [-0.25, -0.2) is 0 Å². The largest absolute Gasteiger partial charge is 0.378 e. The monoisotopic (exact) mass is 308 g/mol. The summed E-state index contributed by atoms with van der Waals surface area (Å²) >= 11 is 3.57. The van der Waals surface area contributed by atoms with Gasteiger partial charge in [-0.15, -0.1) is 0 Å². The molecule has 0 spiro atoms. The fourth-order valence-electron chi connectivity index (χ4n) is 3.99. The predicted molar refractivity (Wildman–Crippen MR) is 79.7 cm³/mol. The van der Waals surface area contributed by atoms with Crippen molar-refractivity contribution >= 4 is 21.6 Å². The number of hydrogen-bond acceptors (Lipinski definition) is 2. The minimum Gasteiger partial charge on any atom is -0.378 e. The Balaban J connectivity index is 1.86. The van der Waals surface area contributed by atoms with Crippen LogP contribution in [0.1, 0.15) is 31.2 Å². The number of benzene rings is 1. The molecule has 0 heterocycles. The third-order valence-electron chi connectivity index (χ3n) is 4.78. The molecule has 3 rings (SSSR count). The van der Waals surface area contributed by atoms with E-state index >= 15 is 0 Å². The molecule has 3 N–H and O–H groups in total. The number of fused-ring (bicyclic) bond motifs is 2. The van der Waals surface area contributed by atoms with Crippen molar-refractivity contribution in [3.05, 3.63) is 28.2 Å². The molecule has 2 fully saturated rings. The van der Waals surface area contributed by atoms with E-state index in [0.717, 1.165) is 22.9 Å². The average Bonchev–Trinajstić information content (AvgIpc) is 2.88.